The average molecular weight is 247 g/mol. The summed E-state index contributed by atoms with van der Waals surface area (Å²) in [5, 5.41) is 19.4. The second-order valence-electron chi connectivity index (χ2n) is 4.82. The minimum absolute atomic E-state index is 0.513. The van der Waals surface area contributed by atoms with Crippen LogP contribution in [0.25, 0.3) is 11.1 Å². The summed E-state index contributed by atoms with van der Waals surface area (Å²) in [6, 6.07) is 5.10. The van der Waals surface area contributed by atoms with Crippen LogP contribution in [0.4, 0.5) is 0 Å². The van der Waals surface area contributed by atoms with E-state index in [-0.39, 0.29) is 0 Å². The molecule has 3 rings (SSSR count). The van der Waals surface area contributed by atoms with Crippen molar-refractivity contribution >= 4 is 17.1 Å². The number of hydrogen-bond acceptors (Lipinski definition) is 4. The van der Waals surface area contributed by atoms with E-state index in [0.29, 0.717) is 35.4 Å². The zero-order chi connectivity index (χ0) is 12.9. The average Bonchev–Trinajstić information content (AvgIpc) is 3.05. The molecular formula is C13H13NO4. The number of nitrogens with zero attached hydrogens (tertiary/aromatic N) is 1. The lowest BCUT2D eigenvalue weighted by Crippen LogP contribution is -2.23. The van der Waals surface area contributed by atoms with Crippen molar-refractivity contribution in [2.24, 2.45) is 5.41 Å². The quantitative estimate of drug-likeness (QED) is 0.867. The van der Waals surface area contributed by atoms with E-state index in [1.165, 1.54) is 0 Å². The van der Waals surface area contributed by atoms with Gasteiger partial charge in [0, 0.05) is 6.92 Å². The highest BCUT2D eigenvalue weighted by Crippen LogP contribution is 2.55. The minimum atomic E-state index is -1.01. The Bertz CT molecular complexity index is 627. The fourth-order valence-electron chi connectivity index (χ4n) is 2.29. The fraction of sp³-hybridized carbons (Fsp3) is 0.385. The van der Waals surface area contributed by atoms with E-state index < -0.39 is 17.5 Å². The number of carboxylic acid groups (broad SMARTS) is 1. The maximum atomic E-state index is 11.2. The van der Waals surface area contributed by atoms with Gasteiger partial charge in [0.2, 0.25) is 0 Å². The van der Waals surface area contributed by atoms with Gasteiger partial charge in [0.15, 0.2) is 11.5 Å². The van der Waals surface area contributed by atoms with Crippen LogP contribution in [0, 0.1) is 12.3 Å². The van der Waals surface area contributed by atoms with Gasteiger partial charge in [-0.3, -0.25) is 4.79 Å². The van der Waals surface area contributed by atoms with E-state index >= 15 is 0 Å². The van der Waals surface area contributed by atoms with Gasteiger partial charge >= 0.3 is 5.97 Å². The van der Waals surface area contributed by atoms with Crippen LogP contribution in [0.2, 0.25) is 0 Å². The smallest absolute Gasteiger partial charge is 0.312 e. The molecule has 1 atom stereocenters. The van der Waals surface area contributed by atoms with Crippen LogP contribution in [0.1, 0.15) is 30.4 Å². The summed E-state index contributed by atoms with van der Waals surface area (Å²) in [4.78, 5) is 15.4. The highest BCUT2D eigenvalue weighted by Gasteiger charge is 2.56. The monoisotopic (exact) mass is 247 g/mol. The Morgan fingerprint density at radius 1 is 1.50 bits per heavy atom. The molecule has 94 valence electrons. The number of carboxylic acids is 1. The lowest BCUT2D eigenvalue weighted by Gasteiger charge is -2.18. The van der Waals surface area contributed by atoms with Crippen LogP contribution in [-0.2, 0) is 4.79 Å². The van der Waals surface area contributed by atoms with Gasteiger partial charge in [-0.25, -0.2) is 4.98 Å². The molecule has 1 aromatic heterocycles. The number of aliphatic carboxylic acids is 1. The van der Waals surface area contributed by atoms with Crippen molar-refractivity contribution in [3.8, 4) is 0 Å². The Balaban J connectivity index is 2.01. The van der Waals surface area contributed by atoms with Crippen molar-refractivity contribution in [2.75, 3.05) is 0 Å². The normalized spacial score (nSPS) is 18.8. The van der Waals surface area contributed by atoms with E-state index in [0.717, 1.165) is 0 Å². The second-order valence-corrected chi connectivity index (χ2v) is 4.82. The zero-order valence-electron chi connectivity index (χ0n) is 9.88. The van der Waals surface area contributed by atoms with Crippen molar-refractivity contribution in [3.63, 3.8) is 0 Å². The Hall–Kier alpha value is -1.88. The van der Waals surface area contributed by atoms with Gasteiger partial charge in [-0.2, -0.15) is 0 Å². The molecule has 18 heavy (non-hydrogen) atoms. The summed E-state index contributed by atoms with van der Waals surface area (Å²) >= 11 is 0. The van der Waals surface area contributed by atoms with Crippen molar-refractivity contribution in [1.29, 1.82) is 0 Å². The highest BCUT2D eigenvalue weighted by molar-refractivity contribution is 5.80. The molecule has 5 nitrogen and oxygen atoms in total. The van der Waals surface area contributed by atoms with E-state index in [4.69, 9.17) is 9.52 Å². The molecule has 0 amide bonds. The molecule has 2 aromatic rings. The van der Waals surface area contributed by atoms with E-state index in [1.807, 2.05) is 0 Å². The first kappa shape index (κ1) is 11.2. The van der Waals surface area contributed by atoms with Crippen molar-refractivity contribution < 1.29 is 19.4 Å². The number of aromatic nitrogens is 1. The van der Waals surface area contributed by atoms with Crippen molar-refractivity contribution in [1.82, 2.24) is 4.98 Å². The van der Waals surface area contributed by atoms with Crippen LogP contribution in [0.5, 0.6) is 0 Å². The van der Waals surface area contributed by atoms with Crippen molar-refractivity contribution in [3.05, 3.63) is 29.7 Å². The highest BCUT2D eigenvalue weighted by atomic mass is 16.4. The van der Waals surface area contributed by atoms with E-state index in [2.05, 4.69) is 4.98 Å². The topological polar surface area (TPSA) is 83.6 Å². The number of aliphatic hydroxyl groups excluding tert-OH is 1. The zero-order valence-corrected chi connectivity index (χ0v) is 9.88. The summed E-state index contributed by atoms with van der Waals surface area (Å²) in [5.74, 6) is -0.387. The summed E-state index contributed by atoms with van der Waals surface area (Å²) in [6.45, 7) is 1.75. The molecule has 1 aromatic carbocycles. The first-order valence-corrected chi connectivity index (χ1v) is 5.81. The third-order valence-electron chi connectivity index (χ3n) is 3.57. The number of benzene rings is 1. The molecule has 1 heterocycles. The van der Waals surface area contributed by atoms with Gasteiger partial charge in [0.05, 0.1) is 11.5 Å². The molecule has 1 aliphatic carbocycles. The number of aryl methyl sites for hydroxylation is 1. The lowest BCUT2D eigenvalue weighted by atomic mass is 9.93. The van der Waals surface area contributed by atoms with Crippen LogP contribution < -0.4 is 0 Å². The Labute approximate surface area is 103 Å². The summed E-state index contributed by atoms with van der Waals surface area (Å²) in [7, 11) is 0. The van der Waals surface area contributed by atoms with Crippen molar-refractivity contribution in [2.45, 2.75) is 25.9 Å². The molecule has 2 N–H and O–H groups in total. The molecule has 1 fully saturated rings. The Morgan fingerprint density at radius 2 is 2.22 bits per heavy atom. The third kappa shape index (κ3) is 1.51. The fourth-order valence-corrected chi connectivity index (χ4v) is 2.29. The Kier molecular flexibility index (Phi) is 2.22. The Morgan fingerprint density at radius 3 is 2.83 bits per heavy atom. The van der Waals surface area contributed by atoms with Crippen LogP contribution in [-0.4, -0.2) is 21.2 Å². The molecule has 0 saturated heterocycles. The standard InChI is InChI=1S/C13H13NO4/c1-7-14-9-6-8(2-3-10(9)18-7)11(15)13(4-5-13)12(16)17/h2-3,6,11,15H,4-5H2,1H3,(H,16,17). The first-order valence-electron chi connectivity index (χ1n) is 5.81. The molecule has 0 aliphatic heterocycles. The summed E-state index contributed by atoms with van der Waals surface area (Å²) < 4.78 is 5.34. The number of rotatable bonds is 3. The van der Waals surface area contributed by atoms with Gasteiger partial charge in [-0.1, -0.05) is 6.07 Å². The number of carbonyl (C=O) groups is 1. The van der Waals surface area contributed by atoms with Gasteiger partial charge in [-0.05, 0) is 30.5 Å². The minimum Gasteiger partial charge on any atom is -0.481 e. The second kappa shape index (κ2) is 3.55. The number of fused-ring (bicyclic) bond motifs is 1. The molecule has 1 unspecified atom stereocenters. The lowest BCUT2D eigenvalue weighted by molar-refractivity contribution is -0.148. The number of hydrogen-bond donors (Lipinski definition) is 2. The molecule has 0 spiro atoms. The SMILES string of the molecule is Cc1nc2cc(C(O)C3(C(=O)O)CC3)ccc2o1. The van der Waals surface area contributed by atoms with E-state index in [9.17, 15) is 9.90 Å². The van der Waals surface area contributed by atoms with Crippen LogP contribution in [0.3, 0.4) is 0 Å². The molecular weight excluding hydrogens is 234 g/mol. The van der Waals surface area contributed by atoms with Gasteiger partial charge in [0.1, 0.15) is 5.52 Å². The number of aliphatic hydroxyl groups is 1. The van der Waals surface area contributed by atoms with Crippen LogP contribution in [0.15, 0.2) is 22.6 Å². The van der Waals surface area contributed by atoms with Gasteiger partial charge in [-0.15, -0.1) is 0 Å². The van der Waals surface area contributed by atoms with Crippen LogP contribution >= 0.6 is 0 Å². The molecule has 0 bridgehead atoms. The maximum absolute atomic E-state index is 11.2. The molecule has 1 aliphatic rings. The largest absolute Gasteiger partial charge is 0.481 e. The molecule has 1 saturated carbocycles. The van der Waals surface area contributed by atoms with Gasteiger partial charge in [0.25, 0.3) is 0 Å². The van der Waals surface area contributed by atoms with Gasteiger partial charge < -0.3 is 14.6 Å². The predicted molar refractivity (Wildman–Crippen MR) is 63.0 cm³/mol. The number of oxazole rings is 1. The first-order chi connectivity index (χ1) is 8.53. The molecule has 5 heteroatoms. The molecule has 0 radical (unpaired) electrons. The third-order valence-corrected chi connectivity index (χ3v) is 3.57. The van der Waals surface area contributed by atoms with E-state index in [1.54, 1.807) is 25.1 Å². The summed E-state index contributed by atoms with van der Waals surface area (Å²) in [6.07, 6.45) is 0.0371. The summed E-state index contributed by atoms with van der Waals surface area (Å²) in [5.41, 5.74) is 0.858. The predicted octanol–water partition coefficient (Wildman–Crippen LogP) is 2.03. The maximum Gasteiger partial charge on any atom is 0.312 e.